The van der Waals surface area contributed by atoms with Crippen molar-refractivity contribution >= 4 is 23.4 Å². The van der Waals surface area contributed by atoms with Crippen LogP contribution < -0.4 is 0 Å². The molecule has 1 aromatic rings. The van der Waals surface area contributed by atoms with Crippen molar-refractivity contribution in [3.8, 4) is 0 Å². The summed E-state index contributed by atoms with van der Waals surface area (Å²) in [5.74, 6) is -0.958. The molecule has 0 aliphatic heterocycles. The SMILES string of the molecule is Cc1nc(SC(C)(C)C(=O)O)ccc1[N+](=O)[O-]. The lowest BCUT2D eigenvalue weighted by atomic mass is 10.2. The zero-order chi connectivity index (χ0) is 13.2. The predicted molar refractivity (Wildman–Crippen MR) is 63.2 cm³/mol. The van der Waals surface area contributed by atoms with Gasteiger partial charge < -0.3 is 5.11 Å². The van der Waals surface area contributed by atoms with Crippen molar-refractivity contribution in [3.63, 3.8) is 0 Å². The van der Waals surface area contributed by atoms with Crippen LogP contribution >= 0.6 is 11.8 Å². The van der Waals surface area contributed by atoms with Crippen molar-refractivity contribution in [1.29, 1.82) is 0 Å². The molecule has 0 aromatic carbocycles. The maximum absolute atomic E-state index is 10.9. The van der Waals surface area contributed by atoms with Gasteiger partial charge in [0.1, 0.15) is 10.4 Å². The maximum atomic E-state index is 10.9. The molecule has 0 atom stereocenters. The number of hydrogen-bond donors (Lipinski definition) is 1. The van der Waals surface area contributed by atoms with Crippen LogP contribution in [0.3, 0.4) is 0 Å². The largest absolute Gasteiger partial charge is 0.480 e. The number of thioether (sulfide) groups is 1. The number of carbonyl (C=O) groups is 1. The summed E-state index contributed by atoms with van der Waals surface area (Å²) in [4.78, 5) is 25.0. The van der Waals surface area contributed by atoms with E-state index in [4.69, 9.17) is 5.11 Å². The number of nitrogens with zero attached hydrogens (tertiary/aromatic N) is 2. The normalized spacial score (nSPS) is 11.2. The fraction of sp³-hybridized carbons (Fsp3) is 0.400. The Hall–Kier alpha value is -1.63. The van der Waals surface area contributed by atoms with Crippen molar-refractivity contribution < 1.29 is 14.8 Å². The molecule has 0 aliphatic carbocycles. The Balaban J connectivity index is 2.99. The van der Waals surface area contributed by atoms with E-state index in [9.17, 15) is 14.9 Å². The Bertz CT molecular complexity index is 473. The Kier molecular flexibility index (Phi) is 3.72. The zero-order valence-corrected chi connectivity index (χ0v) is 10.4. The third kappa shape index (κ3) is 3.16. The van der Waals surface area contributed by atoms with Gasteiger partial charge in [-0.05, 0) is 26.8 Å². The molecule has 0 fully saturated rings. The highest BCUT2D eigenvalue weighted by Crippen LogP contribution is 2.32. The Morgan fingerprint density at radius 2 is 2.12 bits per heavy atom. The van der Waals surface area contributed by atoms with Crippen LogP contribution in [0.5, 0.6) is 0 Å². The molecule has 0 spiro atoms. The van der Waals surface area contributed by atoms with Gasteiger partial charge in [-0.25, -0.2) is 4.98 Å². The quantitative estimate of drug-likeness (QED) is 0.504. The van der Waals surface area contributed by atoms with Gasteiger partial charge in [-0.2, -0.15) is 0 Å². The predicted octanol–water partition coefficient (Wildman–Crippen LogP) is 2.25. The fourth-order valence-corrected chi connectivity index (χ4v) is 2.01. The molecule has 92 valence electrons. The van der Waals surface area contributed by atoms with Crippen LogP contribution in [-0.4, -0.2) is 25.7 Å². The van der Waals surface area contributed by atoms with Crippen LogP contribution in [0.4, 0.5) is 5.69 Å². The summed E-state index contributed by atoms with van der Waals surface area (Å²) < 4.78 is -1.02. The first-order valence-electron chi connectivity index (χ1n) is 4.78. The minimum absolute atomic E-state index is 0.0671. The molecule has 1 heterocycles. The van der Waals surface area contributed by atoms with Crippen molar-refractivity contribution in [2.75, 3.05) is 0 Å². The topological polar surface area (TPSA) is 93.3 Å². The van der Waals surface area contributed by atoms with E-state index >= 15 is 0 Å². The van der Waals surface area contributed by atoms with Gasteiger partial charge in [0.15, 0.2) is 0 Å². The summed E-state index contributed by atoms with van der Waals surface area (Å²) in [6, 6.07) is 2.79. The van der Waals surface area contributed by atoms with E-state index in [1.54, 1.807) is 13.8 Å². The Morgan fingerprint density at radius 1 is 1.53 bits per heavy atom. The number of rotatable bonds is 4. The smallest absolute Gasteiger partial charge is 0.319 e. The molecule has 0 saturated heterocycles. The second-order valence-corrected chi connectivity index (χ2v) is 5.57. The molecule has 17 heavy (non-hydrogen) atoms. The summed E-state index contributed by atoms with van der Waals surface area (Å²) >= 11 is 1.06. The highest BCUT2D eigenvalue weighted by Gasteiger charge is 2.29. The zero-order valence-electron chi connectivity index (χ0n) is 9.63. The number of aliphatic carboxylic acids is 1. The van der Waals surface area contributed by atoms with Crippen LogP contribution in [0.25, 0.3) is 0 Å². The van der Waals surface area contributed by atoms with Crippen molar-refractivity contribution in [2.45, 2.75) is 30.5 Å². The lowest BCUT2D eigenvalue weighted by Gasteiger charge is -2.17. The van der Waals surface area contributed by atoms with E-state index in [2.05, 4.69) is 4.98 Å². The molecule has 1 N–H and O–H groups in total. The Labute approximate surface area is 102 Å². The maximum Gasteiger partial charge on any atom is 0.319 e. The molecule has 0 radical (unpaired) electrons. The van der Waals surface area contributed by atoms with Gasteiger partial charge in [0.05, 0.1) is 9.95 Å². The minimum Gasteiger partial charge on any atom is -0.480 e. The van der Waals surface area contributed by atoms with Gasteiger partial charge in [0.2, 0.25) is 0 Å². The molecule has 1 aromatic heterocycles. The number of nitro groups is 1. The first-order valence-corrected chi connectivity index (χ1v) is 5.60. The lowest BCUT2D eigenvalue weighted by molar-refractivity contribution is -0.385. The number of carboxylic acids is 1. The fourth-order valence-electron chi connectivity index (χ4n) is 1.09. The van der Waals surface area contributed by atoms with Crippen molar-refractivity contribution in [1.82, 2.24) is 4.98 Å². The standard InChI is InChI=1S/C10H12N2O4S/c1-6-7(12(15)16)4-5-8(11-6)17-10(2,3)9(13)14/h4-5H,1-3H3,(H,13,14). The van der Waals surface area contributed by atoms with E-state index in [1.165, 1.54) is 19.1 Å². The monoisotopic (exact) mass is 256 g/mol. The van der Waals surface area contributed by atoms with Gasteiger partial charge in [0, 0.05) is 6.07 Å². The minimum atomic E-state index is -1.02. The molecule has 0 bridgehead atoms. The van der Waals surface area contributed by atoms with Crippen molar-refractivity contribution in [3.05, 3.63) is 27.9 Å². The third-order valence-electron chi connectivity index (χ3n) is 2.10. The van der Waals surface area contributed by atoms with Crippen LogP contribution in [0.1, 0.15) is 19.5 Å². The van der Waals surface area contributed by atoms with E-state index in [1.807, 2.05) is 0 Å². The van der Waals surface area contributed by atoms with E-state index in [-0.39, 0.29) is 11.4 Å². The number of hydrogen-bond acceptors (Lipinski definition) is 5. The summed E-state index contributed by atoms with van der Waals surface area (Å²) in [6.45, 7) is 4.63. The second-order valence-electron chi connectivity index (χ2n) is 3.93. The summed E-state index contributed by atoms with van der Waals surface area (Å²) in [5, 5.41) is 20.0. The molecule has 6 nitrogen and oxygen atoms in total. The summed E-state index contributed by atoms with van der Waals surface area (Å²) in [6.07, 6.45) is 0. The molecule has 0 amide bonds. The number of aromatic nitrogens is 1. The number of carboxylic acid groups (broad SMARTS) is 1. The molecule has 0 aliphatic rings. The van der Waals surface area contributed by atoms with Crippen LogP contribution in [0, 0.1) is 17.0 Å². The summed E-state index contributed by atoms with van der Waals surface area (Å²) in [5.41, 5.74) is 0.212. The van der Waals surface area contributed by atoms with Crippen molar-refractivity contribution in [2.24, 2.45) is 0 Å². The van der Waals surface area contributed by atoms with Gasteiger partial charge >= 0.3 is 5.97 Å². The van der Waals surface area contributed by atoms with Gasteiger partial charge in [-0.3, -0.25) is 14.9 Å². The third-order valence-corrected chi connectivity index (χ3v) is 3.23. The number of aryl methyl sites for hydroxylation is 1. The van der Waals surface area contributed by atoms with Crippen LogP contribution in [0.2, 0.25) is 0 Å². The lowest BCUT2D eigenvalue weighted by Crippen LogP contribution is -2.27. The van der Waals surface area contributed by atoms with E-state index < -0.39 is 15.6 Å². The highest BCUT2D eigenvalue weighted by molar-refractivity contribution is 8.01. The van der Waals surface area contributed by atoms with Gasteiger partial charge in [-0.15, -0.1) is 0 Å². The molecular formula is C10H12N2O4S. The molecule has 0 saturated carbocycles. The van der Waals surface area contributed by atoms with Gasteiger partial charge in [0.25, 0.3) is 5.69 Å². The van der Waals surface area contributed by atoms with Crippen LogP contribution in [-0.2, 0) is 4.79 Å². The highest BCUT2D eigenvalue weighted by atomic mass is 32.2. The average Bonchev–Trinajstić information content (AvgIpc) is 2.15. The number of pyridine rings is 1. The molecule has 1 rings (SSSR count). The molecular weight excluding hydrogens is 244 g/mol. The van der Waals surface area contributed by atoms with E-state index in [0.717, 1.165) is 11.8 Å². The first-order chi connectivity index (χ1) is 7.74. The summed E-state index contributed by atoms with van der Waals surface area (Å²) in [7, 11) is 0. The molecule has 0 unspecified atom stereocenters. The molecule has 7 heteroatoms. The first kappa shape index (κ1) is 13.4. The van der Waals surface area contributed by atoms with E-state index in [0.29, 0.717) is 5.03 Å². The average molecular weight is 256 g/mol. The van der Waals surface area contributed by atoms with Gasteiger partial charge in [-0.1, -0.05) is 11.8 Å². The second kappa shape index (κ2) is 4.70. The Morgan fingerprint density at radius 3 is 2.53 bits per heavy atom. The van der Waals surface area contributed by atoms with Crippen LogP contribution in [0.15, 0.2) is 17.2 Å².